The number of methoxy groups -OCH3 is 1. The molecule has 0 bridgehead atoms. The zero-order valence-corrected chi connectivity index (χ0v) is 13.2. The predicted molar refractivity (Wildman–Crippen MR) is 87.6 cm³/mol. The number of thiophene rings is 1. The second-order valence-electron chi connectivity index (χ2n) is 4.82. The molecule has 0 spiro atoms. The van der Waals surface area contributed by atoms with Crippen LogP contribution in [0.3, 0.4) is 0 Å². The Kier molecular flexibility index (Phi) is 5.17. The predicted octanol–water partition coefficient (Wildman–Crippen LogP) is 3.96. The third-order valence-corrected chi connectivity index (χ3v) is 3.99. The van der Waals surface area contributed by atoms with E-state index in [0.717, 1.165) is 21.8 Å². The molecule has 3 nitrogen and oxygen atoms in total. The monoisotopic (exact) mass is 301 g/mol. The second-order valence-corrected chi connectivity index (χ2v) is 5.80. The summed E-state index contributed by atoms with van der Waals surface area (Å²) in [6.45, 7) is 3.97. The van der Waals surface area contributed by atoms with Crippen LogP contribution in [-0.4, -0.2) is 13.0 Å². The van der Waals surface area contributed by atoms with Gasteiger partial charge in [-0.2, -0.15) is 0 Å². The standard InChI is InChI=1S/C17H19NO2S/c1-12-6-8-16(20-3)15(11-12)13(2)18-17(19)9-7-14-5-4-10-21-14/h4-11,13H,1-3H3,(H,18,19)/b9-7+/t13-/m1/s1. The van der Waals surface area contributed by atoms with E-state index in [4.69, 9.17) is 4.74 Å². The van der Waals surface area contributed by atoms with Crippen LogP contribution >= 0.6 is 11.3 Å². The van der Waals surface area contributed by atoms with Crippen molar-refractivity contribution in [2.45, 2.75) is 19.9 Å². The Morgan fingerprint density at radius 2 is 2.19 bits per heavy atom. The van der Waals surface area contributed by atoms with E-state index < -0.39 is 0 Å². The van der Waals surface area contributed by atoms with Crippen LogP contribution in [0.1, 0.15) is 29.0 Å². The van der Waals surface area contributed by atoms with Gasteiger partial charge < -0.3 is 10.1 Å². The maximum absolute atomic E-state index is 12.0. The van der Waals surface area contributed by atoms with E-state index in [9.17, 15) is 4.79 Å². The van der Waals surface area contributed by atoms with Crippen molar-refractivity contribution in [1.82, 2.24) is 5.32 Å². The van der Waals surface area contributed by atoms with Crippen molar-refractivity contribution < 1.29 is 9.53 Å². The molecule has 0 aliphatic carbocycles. The van der Waals surface area contributed by atoms with E-state index in [1.165, 1.54) is 0 Å². The normalized spacial score (nSPS) is 12.3. The number of amides is 1. The first-order valence-corrected chi connectivity index (χ1v) is 7.64. The first-order valence-electron chi connectivity index (χ1n) is 6.77. The molecule has 2 rings (SSSR count). The molecule has 1 aromatic carbocycles. The number of nitrogens with one attached hydrogen (secondary N) is 1. The van der Waals surface area contributed by atoms with E-state index in [1.54, 1.807) is 24.5 Å². The molecule has 0 fully saturated rings. The number of hydrogen-bond acceptors (Lipinski definition) is 3. The molecular weight excluding hydrogens is 282 g/mol. The highest BCUT2D eigenvalue weighted by Crippen LogP contribution is 2.26. The van der Waals surface area contributed by atoms with E-state index in [1.807, 2.05) is 55.6 Å². The molecule has 1 atom stereocenters. The average molecular weight is 301 g/mol. The Labute approximate surface area is 129 Å². The maximum atomic E-state index is 12.0. The van der Waals surface area contributed by atoms with Crippen LogP contribution in [0, 0.1) is 6.92 Å². The molecule has 1 N–H and O–H groups in total. The Hall–Kier alpha value is -2.07. The summed E-state index contributed by atoms with van der Waals surface area (Å²) in [7, 11) is 1.64. The number of carbonyl (C=O) groups is 1. The summed E-state index contributed by atoms with van der Waals surface area (Å²) in [5.41, 5.74) is 2.12. The van der Waals surface area contributed by atoms with Gasteiger partial charge in [-0.1, -0.05) is 23.8 Å². The van der Waals surface area contributed by atoms with Gasteiger partial charge in [-0.15, -0.1) is 11.3 Å². The lowest BCUT2D eigenvalue weighted by molar-refractivity contribution is -0.117. The average Bonchev–Trinajstić information content (AvgIpc) is 2.98. The summed E-state index contributed by atoms with van der Waals surface area (Å²) < 4.78 is 5.35. The van der Waals surface area contributed by atoms with Crippen molar-refractivity contribution >= 4 is 23.3 Å². The van der Waals surface area contributed by atoms with Gasteiger partial charge in [-0.05, 0) is 37.4 Å². The fraction of sp³-hybridized carbons (Fsp3) is 0.235. The minimum absolute atomic E-state index is 0.111. The second kappa shape index (κ2) is 7.09. The topological polar surface area (TPSA) is 38.3 Å². The lowest BCUT2D eigenvalue weighted by atomic mass is 10.0. The van der Waals surface area contributed by atoms with Crippen LogP contribution in [0.2, 0.25) is 0 Å². The Morgan fingerprint density at radius 3 is 2.86 bits per heavy atom. The van der Waals surface area contributed by atoms with Gasteiger partial charge in [0.15, 0.2) is 0 Å². The van der Waals surface area contributed by atoms with Crippen molar-refractivity contribution in [3.05, 3.63) is 57.8 Å². The molecule has 0 saturated heterocycles. The van der Waals surface area contributed by atoms with Gasteiger partial charge in [0.25, 0.3) is 0 Å². The molecule has 21 heavy (non-hydrogen) atoms. The molecule has 0 radical (unpaired) electrons. The molecule has 0 saturated carbocycles. The third kappa shape index (κ3) is 4.20. The largest absolute Gasteiger partial charge is 0.496 e. The van der Waals surface area contributed by atoms with Gasteiger partial charge in [0.1, 0.15) is 5.75 Å². The Balaban J connectivity index is 2.05. The van der Waals surface area contributed by atoms with Crippen LogP contribution in [0.25, 0.3) is 6.08 Å². The SMILES string of the molecule is COc1ccc(C)cc1[C@@H](C)NC(=O)/C=C/c1cccs1. The highest BCUT2D eigenvalue weighted by atomic mass is 32.1. The van der Waals surface area contributed by atoms with Gasteiger partial charge in [-0.3, -0.25) is 4.79 Å². The van der Waals surface area contributed by atoms with Gasteiger partial charge in [0, 0.05) is 16.5 Å². The number of ether oxygens (including phenoxy) is 1. The first-order chi connectivity index (χ1) is 10.1. The van der Waals surface area contributed by atoms with Gasteiger partial charge >= 0.3 is 0 Å². The van der Waals surface area contributed by atoms with Gasteiger partial charge in [-0.25, -0.2) is 0 Å². The molecule has 0 unspecified atom stereocenters. The molecule has 4 heteroatoms. The van der Waals surface area contributed by atoms with E-state index in [0.29, 0.717) is 0 Å². The van der Waals surface area contributed by atoms with Crippen molar-refractivity contribution in [3.63, 3.8) is 0 Å². The fourth-order valence-corrected chi connectivity index (χ4v) is 2.69. The summed E-state index contributed by atoms with van der Waals surface area (Å²) in [6, 6.07) is 9.78. The Bertz CT molecular complexity index is 632. The summed E-state index contributed by atoms with van der Waals surface area (Å²) in [5, 5.41) is 4.94. The Morgan fingerprint density at radius 1 is 1.38 bits per heavy atom. The number of benzene rings is 1. The lowest BCUT2D eigenvalue weighted by Crippen LogP contribution is -2.25. The minimum atomic E-state index is -0.112. The van der Waals surface area contributed by atoms with Crippen LogP contribution < -0.4 is 10.1 Å². The molecular formula is C17H19NO2S. The van der Waals surface area contributed by atoms with Gasteiger partial charge in [0.05, 0.1) is 13.2 Å². The molecule has 1 heterocycles. The third-order valence-electron chi connectivity index (χ3n) is 3.15. The van der Waals surface area contributed by atoms with E-state index in [-0.39, 0.29) is 11.9 Å². The number of hydrogen-bond donors (Lipinski definition) is 1. The number of carbonyl (C=O) groups excluding carboxylic acids is 1. The number of aryl methyl sites for hydroxylation is 1. The van der Waals surface area contributed by atoms with Crippen molar-refractivity contribution in [2.24, 2.45) is 0 Å². The lowest BCUT2D eigenvalue weighted by Gasteiger charge is -2.17. The summed E-state index contributed by atoms with van der Waals surface area (Å²) in [5.74, 6) is 0.676. The zero-order chi connectivity index (χ0) is 15.2. The van der Waals surface area contributed by atoms with Crippen LogP contribution in [0.15, 0.2) is 41.8 Å². The molecule has 2 aromatic rings. The minimum Gasteiger partial charge on any atom is -0.496 e. The molecule has 110 valence electrons. The van der Waals surface area contributed by atoms with Crippen LogP contribution in [0.4, 0.5) is 0 Å². The fourth-order valence-electron chi connectivity index (χ4n) is 2.08. The maximum Gasteiger partial charge on any atom is 0.244 e. The molecule has 1 amide bonds. The van der Waals surface area contributed by atoms with Crippen LogP contribution in [-0.2, 0) is 4.79 Å². The van der Waals surface area contributed by atoms with E-state index >= 15 is 0 Å². The first kappa shape index (κ1) is 15.3. The van der Waals surface area contributed by atoms with E-state index in [2.05, 4.69) is 5.32 Å². The molecule has 0 aliphatic heterocycles. The smallest absolute Gasteiger partial charge is 0.244 e. The van der Waals surface area contributed by atoms with Crippen LogP contribution in [0.5, 0.6) is 5.75 Å². The van der Waals surface area contributed by atoms with Crippen molar-refractivity contribution in [1.29, 1.82) is 0 Å². The van der Waals surface area contributed by atoms with Crippen molar-refractivity contribution in [3.8, 4) is 5.75 Å². The van der Waals surface area contributed by atoms with Gasteiger partial charge in [0.2, 0.25) is 5.91 Å². The summed E-state index contributed by atoms with van der Waals surface area (Å²) >= 11 is 1.60. The highest BCUT2D eigenvalue weighted by molar-refractivity contribution is 7.10. The summed E-state index contributed by atoms with van der Waals surface area (Å²) in [4.78, 5) is 13.0. The molecule has 1 aromatic heterocycles. The number of rotatable bonds is 5. The summed E-state index contributed by atoms with van der Waals surface area (Å²) in [6.07, 6.45) is 3.38. The quantitative estimate of drug-likeness (QED) is 0.849. The van der Waals surface area contributed by atoms with Crippen molar-refractivity contribution in [2.75, 3.05) is 7.11 Å². The molecule has 0 aliphatic rings. The zero-order valence-electron chi connectivity index (χ0n) is 12.4. The highest BCUT2D eigenvalue weighted by Gasteiger charge is 2.13.